The van der Waals surface area contributed by atoms with E-state index >= 15 is 0 Å². The van der Waals surface area contributed by atoms with Crippen LogP contribution in [-0.2, 0) is 0 Å². The molecule has 0 fully saturated rings. The summed E-state index contributed by atoms with van der Waals surface area (Å²) in [4.78, 5) is 18.5. The van der Waals surface area contributed by atoms with Crippen LogP contribution < -0.4 is 11.5 Å². The summed E-state index contributed by atoms with van der Waals surface area (Å²) in [7, 11) is 0. The number of halogens is 1. The van der Waals surface area contributed by atoms with Crippen molar-refractivity contribution >= 4 is 23.5 Å². The summed E-state index contributed by atoms with van der Waals surface area (Å²) in [5, 5.41) is 4.09. The summed E-state index contributed by atoms with van der Waals surface area (Å²) in [6, 6.07) is 1.47. The first-order chi connectivity index (χ1) is 7.56. The lowest BCUT2D eigenvalue weighted by Crippen LogP contribution is -2.09. The van der Waals surface area contributed by atoms with Crippen molar-refractivity contribution in [1.29, 1.82) is 0 Å². The number of hydrogen-bond acceptors (Lipinski definition) is 5. The predicted octanol–water partition coefficient (Wildman–Crippen LogP) is -0.00320. The summed E-state index contributed by atoms with van der Waals surface area (Å²) < 4.78 is 1.34. The van der Waals surface area contributed by atoms with Gasteiger partial charge in [-0.3, -0.25) is 4.79 Å². The van der Waals surface area contributed by atoms with E-state index in [0.717, 1.165) is 0 Å². The molecule has 0 aliphatic rings. The van der Waals surface area contributed by atoms with Crippen LogP contribution in [0.4, 0.5) is 5.95 Å². The highest BCUT2D eigenvalue weighted by Crippen LogP contribution is 2.12. The van der Waals surface area contributed by atoms with E-state index in [1.54, 1.807) is 0 Å². The van der Waals surface area contributed by atoms with Gasteiger partial charge in [-0.25, -0.2) is 9.67 Å². The first kappa shape index (κ1) is 10.4. The smallest absolute Gasteiger partial charge is 0.251 e. The number of primary amides is 1. The highest BCUT2D eigenvalue weighted by Gasteiger charge is 2.07. The quantitative estimate of drug-likeness (QED) is 0.715. The Morgan fingerprint density at radius 2 is 2.19 bits per heavy atom. The van der Waals surface area contributed by atoms with Gasteiger partial charge in [0.1, 0.15) is 5.15 Å². The van der Waals surface area contributed by atoms with Gasteiger partial charge in [0.2, 0.25) is 5.95 Å². The highest BCUT2D eigenvalue weighted by molar-refractivity contribution is 6.29. The summed E-state index contributed by atoms with van der Waals surface area (Å²) >= 11 is 5.71. The molecule has 4 N–H and O–H groups in total. The summed E-state index contributed by atoms with van der Waals surface area (Å²) in [5.41, 5.74) is 10.8. The fraction of sp³-hybridized carbons (Fsp3) is 0. The molecule has 2 aromatic rings. The third kappa shape index (κ3) is 1.94. The van der Waals surface area contributed by atoms with Gasteiger partial charge in [0.05, 0.1) is 11.8 Å². The minimum absolute atomic E-state index is 0.0265. The molecule has 0 saturated heterocycles. The van der Waals surface area contributed by atoms with Gasteiger partial charge in [0, 0.05) is 12.3 Å². The molecule has 0 aliphatic carbocycles. The molecule has 16 heavy (non-hydrogen) atoms. The fourth-order valence-electron chi connectivity index (χ4n) is 1.12. The van der Waals surface area contributed by atoms with Crippen molar-refractivity contribution in [3.63, 3.8) is 0 Å². The van der Waals surface area contributed by atoms with Crippen LogP contribution in [0.3, 0.4) is 0 Å². The molecule has 8 heteroatoms. The molecular formula is C8H7ClN6O. The molecule has 0 radical (unpaired) electrons. The highest BCUT2D eigenvalue weighted by atomic mass is 35.5. The Balaban J connectivity index is 2.46. The van der Waals surface area contributed by atoms with Crippen LogP contribution in [0.5, 0.6) is 0 Å². The van der Waals surface area contributed by atoms with Gasteiger partial charge in [-0.2, -0.15) is 10.1 Å². The lowest BCUT2D eigenvalue weighted by Gasteiger charge is -2.01. The second-order valence-electron chi connectivity index (χ2n) is 2.94. The fourth-order valence-corrected chi connectivity index (χ4v) is 1.30. The van der Waals surface area contributed by atoms with Crippen LogP contribution in [0.1, 0.15) is 10.4 Å². The van der Waals surface area contributed by atoms with E-state index < -0.39 is 5.91 Å². The maximum atomic E-state index is 10.9. The SMILES string of the molecule is NC(=O)c1cnn(-c2cc(Cl)nc(N)n2)c1. The second kappa shape index (κ2) is 3.78. The van der Waals surface area contributed by atoms with E-state index in [0.29, 0.717) is 5.82 Å². The Morgan fingerprint density at radius 3 is 2.75 bits per heavy atom. The van der Waals surface area contributed by atoms with Gasteiger partial charge in [0.15, 0.2) is 5.82 Å². The van der Waals surface area contributed by atoms with E-state index in [1.165, 1.54) is 23.1 Å². The van der Waals surface area contributed by atoms with E-state index in [9.17, 15) is 4.79 Å². The van der Waals surface area contributed by atoms with Crippen LogP contribution >= 0.6 is 11.6 Å². The maximum Gasteiger partial charge on any atom is 0.251 e. The average Bonchev–Trinajstić information content (AvgIpc) is 2.64. The topological polar surface area (TPSA) is 113 Å². The van der Waals surface area contributed by atoms with Gasteiger partial charge in [-0.1, -0.05) is 11.6 Å². The van der Waals surface area contributed by atoms with Crippen LogP contribution in [0.2, 0.25) is 5.15 Å². The van der Waals surface area contributed by atoms with E-state index in [-0.39, 0.29) is 16.7 Å². The first-order valence-electron chi connectivity index (χ1n) is 4.21. The Morgan fingerprint density at radius 1 is 1.44 bits per heavy atom. The number of nitrogen functional groups attached to an aromatic ring is 1. The minimum Gasteiger partial charge on any atom is -0.368 e. The molecule has 7 nitrogen and oxygen atoms in total. The largest absolute Gasteiger partial charge is 0.368 e. The molecule has 0 spiro atoms. The van der Waals surface area contributed by atoms with Crippen molar-refractivity contribution in [2.75, 3.05) is 5.73 Å². The van der Waals surface area contributed by atoms with Crippen molar-refractivity contribution in [2.45, 2.75) is 0 Å². The first-order valence-corrected chi connectivity index (χ1v) is 4.59. The van der Waals surface area contributed by atoms with Gasteiger partial charge in [-0.15, -0.1) is 0 Å². The van der Waals surface area contributed by atoms with Gasteiger partial charge in [0.25, 0.3) is 5.91 Å². The third-order valence-corrected chi connectivity index (χ3v) is 1.99. The van der Waals surface area contributed by atoms with Crippen LogP contribution in [-0.4, -0.2) is 25.7 Å². The number of nitrogens with zero attached hydrogens (tertiary/aromatic N) is 4. The van der Waals surface area contributed by atoms with E-state index in [2.05, 4.69) is 15.1 Å². The lowest BCUT2D eigenvalue weighted by atomic mass is 10.3. The zero-order valence-electron chi connectivity index (χ0n) is 7.96. The van der Waals surface area contributed by atoms with Crippen molar-refractivity contribution in [1.82, 2.24) is 19.7 Å². The van der Waals surface area contributed by atoms with Crippen molar-refractivity contribution in [2.24, 2.45) is 5.73 Å². The van der Waals surface area contributed by atoms with Crippen LogP contribution in [0.15, 0.2) is 18.5 Å². The van der Waals surface area contributed by atoms with Crippen LogP contribution in [0.25, 0.3) is 5.82 Å². The molecule has 2 rings (SSSR count). The van der Waals surface area contributed by atoms with Gasteiger partial charge >= 0.3 is 0 Å². The zero-order valence-corrected chi connectivity index (χ0v) is 8.72. The summed E-state index contributed by atoms with van der Waals surface area (Å²) in [6.45, 7) is 0. The Bertz CT molecular complexity index is 531. The number of carbonyl (C=O) groups is 1. The maximum absolute atomic E-state index is 10.9. The standard InChI is InChI=1S/C8H7ClN6O/c9-5-1-6(14-8(11)13-5)15-3-4(2-12-15)7(10)16/h1-3H,(H2,10,16)(H2,11,13,14). The Labute approximate surface area is 95.0 Å². The number of hydrogen-bond donors (Lipinski definition) is 2. The van der Waals surface area contributed by atoms with Crippen molar-refractivity contribution in [3.05, 3.63) is 29.2 Å². The van der Waals surface area contributed by atoms with Crippen molar-refractivity contribution in [3.8, 4) is 5.82 Å². The molecule has 0 saturated carbocycles. The Kier molecular flexibility index (Phi) is 2.45. The predicted molar refractivity (Wildman–Crippen MR) is 57.1 cm³/mol. The van der Waals surface area contributed by atoms with Crippen LogP contribution in [0, 0.1) is 0 Å². The number of anilines is 1. The number of amides is 1. The lowest BCUT2D eigenvalue weighted by molar-refractivity contribution is 0.100. The zero-order chi connectivity index (χ0) is 11.7. The molecule has 0 bridgehead atoms. The molecule has 2 heterocycles. The molecule has 0 unspecified atom stereocenters. The minimum atomic E-state index is -0.570. The molecular weight excluding hydrogens is 232 g/mol. The van der Waals surface area contributed by atoms with Crippen molar-refractivity contribution < 1.29 is 4.79 Å². The number of nitrogens with two attached hydrogens (primary N) is 2. The van der Waals surface area contributed by atoms with E-state index in [4.69, 9.17) is 23.1 Å². The van der Waals surface area contributed by atoms with Gasteiger partial charge in [-0.05, 0) is 0 Å². The number of carbonyl (C=O) groups excluding carboxylic acids is 1. The molecule has 1 amide bonds. The molecule has 2 aromatic heterocycles. The number of rotatable bonds is 2. The monoisotopic (exact) mass is 238 g/mol. The summed E-state index contributed by atoms with van der Waals surface area (Å²) in [5.74, 6) is -0.178. The molecule has 82 valence electrons. The third-order valence-electron chi connectivity index (χ3n) is 1.80. The molecule has 0 aromatic carbocycles. The average molecular weight is 239 g/mol. The normalized spacial score (nSPS) is 10.3. The summed E-state index contributed by atoms with van der Waals surface area (Å²) in [6.07, 6.45) is 2.76. The Hall–Kier alpha value is -2.15. The van der Waals surface area contributed by atoms with Gasteiger partial charge < -0.3 is 11.5 Å². The number of aromatic nitrogens is 4. The second-order valence-corrected chi connectivity index (χ2v) is 3.33. The molecule has 0 atom stereocenters. The van der Waals surface area contributed by atoms with E-state index in [1.807, 2.05) is 0 Å². The molecule has 0 aliphatic heterocycles.